The second-order valence-corrected chi connectivity index (χ2v) is 9.03. The minimum atomic E-state index is -0.199. The van der Waals surface area contributed by atoms with E-state index in [1.165, 1.54) is 11.8 Å². The maximum absolute atomic E-state index is 12.7. The molecule has 2 N–H and O–H groups in total. The number of hydrogen-bond donors (Lipinski definition) is 2. The van der Waals surface area contributed by atoms with Gasteiger partial charge in [0.2, 0.25) is 5.91 Å². The fourth-order valence-electron chi connectivity index (χ4n) is 3.81. The largest absolute Gasteiger partial charge is 0.325 e. The number of nitrogens with zero attached hydrogens (tertiary/aromatic N) is 4. The van der Waals surface area contributed by atoms with E-state index in [-0.39, 0.29) is 17.6 Å². The Morgan fingerprint density at radius 3 is 2.43 bits per heavy atom. The topological polar surface area (TPSA) is 101 Å². The third kappa shape index (κ3) is 4.71. The van der Waals surface area contributed by atoms with Crippen LogP contribution in [0.5, 0.6) is 0 Å². The molecule has 0 saturated carbocycles. The van der Waals surface area contributed by atoms with Crippen molar-refractivity contribution < 1.29 is 9.59 Å². The number of thioether (sulfide) groups is 1. The predicted molar refractivity (Wildman–Crippen MR) is 138 cm³/mol. The van der Waals surface area contributed by atoms with Crippen LogP contribution in [0.1, 0.15) is 21.5 Å². The van der Waals surface area contributed by atoms with Gasteiger partial charge in [-0.05, 0) is 61.4 Å². The van der Waals surface area contributed by atoms with Crippen molar-refractivity contribution >= 4 is 51.6 Å². The molecule has 2 amide bonds. The zero-order valence-corrected chi connectivity index (χ0v) is 20.0. The molecule has 3 aromatic carbocycles. The molecule has 0 aliphatic rings. The van der Waals surface area contributed by atoms with Crippen molar-refractivity contribution in [3.05, 3.63) is 89.7 Å². The first-order valence-corrected chi connectivity index (χ1v) is 12.0. The van der Waals surface area contributed by atoms with Crippen LogP contribution in [-0.4, -0.2) is 37.1 Å². The van der Waals surface area contributed by atoms with Crippen LogP contribution >= 0.6 is 11.8 Å². The summed E-state index contributed by atoms with van der Waals surface area (Å²) >= 11 is 1.30. The molecule has 0 aliphatic carbocycles. The van der Waals surface area contributed by atoms with Crippen LogP contribution in [0.25, 0.3) is 16.7 Å². The summed E-state index contributed by atoms with van der Waals surface area (Å²) in [6.07, 6.45) is 1.64. The lowest BCUT2D eigenvalue weighted by molar-refractivity contribution is -0.113. The van der Waals surface area contributed by atoms with Gasteiger partial charge in [0.1, 0.15) is 11.4 Å². The minimum absolute atomic E-state index is 0.155. The van der Waals surface area contributed by atoms with Crippen LogP contribution in [0.2, 0.25) is 0 Å². The van der Waals surface area contributed by atoms with E-state index in [1.54, 1.807) is 30.6 Å². The molecule has 9 heteroatoms. The van der Waals surface area contributed by atoms with Crippen molar-refractivity contribution in [2.75, 3.05) is 16.4 Å². The number of fused-ring (bicyclic) bond motifs is 3. The van der Waals surface area contributed by atoms with Gasteiger partial charge in [-0.3, -0.25) is 14.0 Å². The Kier molecular flexibility index (Phi) is 6.15. The number of rotatable bonds is 6. The van der Waals surface area contributed by atoms with E-state index < -0.39 is 0 Å². The third-order valence-electron chi connectivity index (χ3n) is 5.59. The average molecular weight is 483 g/mol. The van der Waals surface area contributed by atoms with Crippen LogP contribution in [0, 0.1) is 13.8 Å². The molecule has 174 valence electrons. The molecule has 0 fully saturated rings. The Labute approximate surface area is 205 Å². The van der Waals surface area contributed by atoms with E-state index in [9.17, 15) is 9.59 Å². The molecule has 0 bridgehead atoms. The van der Waals surface area contributed by atoms with Crippen molar-refractivity contribution in [2.24, 2.45) is 0 Å². The molecule has 0 atom stereocenters. The molecule has 5 rings (SSSR count). The van der Waals surface area contributed by atoms with Crippen molar-refractivity contribution in [3.63, 3.8) is 0 Å². The number of hydrogen-bond acceptors (Lipinski definition) is 6. The number of aromatic nitrogens is 4. The number of anilines is 2. The molecule has 0 saturated heterocycles. The van der Waals surface area contributed by atoms with Crippen molar-refractivity contribution in [1.29, 1.82) is 0 Å². The maximum Gasteiger partial charge on any atom is 0.255 e. The molecular weight excluding hydrogens is 460 g/mol. The lowest BCUT2D eigenvalue weighted by Crippen LogP contribution is -2.16. The van der Waals surface area contributed by atoms with E-state index in [4.69, 9.17) is 0 Å². The van der Waals surface area contributed by atoms with Crippen LogP contribution in [0.15, 0.2) is 78.1 Å². The van der Waals surface area contributed by atoms with Crippen molar-refractivity contribution in [3.8, 4) is 0 Å². The molecule has 2 heterocycles. The summed E-state index contributed by atoms with van der Waals surface area (Å²) in [7, 11) is 0. The van der Waals surface area contributed by atoms with Gasteiger partial charge in [0, 0.05) is 16.9 Å². The predicted octanol–water partition coefficient (Wildman–Crippen LogP) is 4.88. The molecular formula is C26H22N6O2S. The second-order valence-electron chi connectivity index (χ2n) is 8.07. The first-order chi connectivity index (χ1) is 17.0. The van der Waals surface area contributed by atoms with Crippen LogP contribution in [0.3, 0.4) is 0 Å². The highest BCUT2D eigenvalue weighted by atomic mass is 32.2. The third-order valence-corrected chi connectivity index (χ3v) is 6.55. The summed E-state index contributed by atoms with van der Waals surface area (Å²) in [4.78, 5) is 29.9. The van der Waals surface area contributed by atoms with E-state index in [2.05, 4.69) is 25.8 Å². The average Bonchev–Trinajstić information content (AvgIpc) is 3.36. The Hall–Kier alpha value is -4.24. The summed E-state index contributed by atoms with van der Waals surface area (Å²) < 4.78 is 1.87. The normalized spacial score (nSPS) is 11.0. The Morgan fingerprint density at radius 2 is 1.66 bits per heavy atom. The zero-order chi connectivity index (χ0) is 24.4. The summed E-state index contributed by atoms with van der Waals surface area (Å²) in [5.41, 5.74) is 6.26. The number of benzene rings is 3. The standard InChI is InChI=1S/C26H22N6O2S/c1-16-6-5-7-17(2)23(16)30-25(34)18-10-12-19(13-11-18)28-22(33)14-35-26-24-31-27-15-32(24)21-9-4-3-8-20(21)29-26/h3-13,15H,14H2,1-2H3,(H,28,33)(H,30,34). The van der Waals surface area contributed by atoms with Gasteiger partial charge in [-0.2, -0.15) is 0 Å². The summed E-state index contributed by atoms with van der Waals surface area (Å²) in [6, 6.07) is 20.4. The van der Waals surface area contributed by atoms with E-state index in [0.717, 1.165) is 27.8 Å². The molecule has 35 heavy (non-hydrogen) atoms. The molecule has 5 aromatic rings. The monoisotopic (exact) mass is 482 g/mol. The quantitative estimate of drug-likeness (QED) is 0.335. The first kappa shape index (κ1) is 22.5. The lowest BCUT2D eigenvalue weighted by Gasteiger charge is -2.12. The summed E-state index contributed by atoms with van der Waals surface area (Å²) in [5.74, 6) is -0.228. The number of aryl methyl sites for hydroxylation is 2. The van der Waals surface area contributed by atoms with Gasteiger partial charge in [-0.15, -0.1) is 10.2 Å². The number of carbonyl (C=O) groups excluding carboxylic acids is 2. The fourth-order valence-corrected chi connectivity index (χ4v) is 4.58. The molecule has 2 aromatic heterocycles. The van der Waals surface area contributed by atoms with Gasteiger partial charge in [-0.1, -0.05) is 42.1 Å². The van der Waals surface area contributed by atoms with Crippen molar-refractivity contribution in [1.82, 2.24) is 19.6 Å². The summed E-state index contributed by atoms with van der Waals surface area (Å²) in [5, 5.41) is 14.6. The molecule has 0 radical (unpaired) electrons. The van der Waals surface area contributed by atoms with Crippen molar-refractivity contribution in [2.45, 2.75) is 18.9 Å². The molecule has 8 nitrogen and oxygen atoms in total. The van der Waals surface area contributed by atoms with Gasteiger partial charge >= 0.3 is 0 Å². The Balaban J connectivity index is 1.23. The highest BCUT2D eigenvalue weighted by molar-refractivity contribution is 8.00. The van der Waals surface area contributed by atoms with Crippen LogP contribution in [0.4, 0.5) is 11.4 Å². The first-order valence-electron chi connectivity index (χ1n) is 11.0. The van der Waals surface area contributed by atoms with Crippen LogP contribution in [-0.2, 0) is 4.79 Å². The fraction of sp³-hybridized carbons (Fsp3) is 0.115. The van der Waals surface area contributed by atoms with E-state index >= 15 is 0 Å². The Morgan fingerprint density at radius 1 is 0.914 bits per heavy atom. The number of amides is 2. The number of para-hydroxylation sites is 3. The van der Waals surface area contributed by atoms with Gasteiger partial charge in [0.05, 0.1) is 16.8 Å². The Bertz CT molecular complexity index is 1540. The number of nitrogens with one attached hydrogen (secondary N) is 2. The molecule has 0 spiro atoms. The van der Waals surface area contributed by atoms with Gasteiger partial charge in [0.15, 0.2) is 5.65 Å². The van der Waals surface area contributed by atoms with Gasteiger partial charge in [-0.25, -0.2) is 4.98 Å². The highest BCUT2D eigenvalue weighted by Crippen LogP contribution is 2.25. The van der Waals surface area contributed by atoms with E-state index in [1.807, 2.05) is 60.7 Å². The van der Waals surface area contributed by atoms with Gasteiger partial charge < -0.3 is 10.6 Å². The minimum Gasteiger partial charge on any atom is -0.325 e. The number of carbonyl (C=O) groups is 2. The summed E-state index contributed by atoms with van der Waals surface area (Å²) in [6.45, 7) is 3.92. The van der Waals surface area contributed by atoms with Crippen LogP contribution < -0.4 is 10.6 Å². The highest BCUT2D eigenvalue weighted by Gasteiger charge is 2.14. The van der Waals surface area contributed by atoms with Gasteiger partial charge in [0.25, 0.3) is 5.91 Å². The SMILES string of the molecule is Cc1cccc(C)c1NC(=O)c1ccc(NC(=O)CSc2nc3ccccc3n3cnnc23)cc1. The van der Waals surface area contributed by atoms with E-state index in [0.29, 0.717) is 21.9 Å². The lowest BCUT2D eigenvalue weighted by atomic mass is 10.1. The second kappa shape index (κ2) is 9.55. The smallest absolute Gasteiger partial charge is 0.255 e. The maximum atomic E-state index is 12.7. The zero-order valence-electron chi connectivity index (χ0n) is 19.1. The molecule has 0 aliphatic heterocycles. The molecule has 0 unspecified atom stereocenters.